The summed E-state index contributed by atoms with van der Waals surface area (Å²) in [5.74, 6) is -0.458. The zero-order chi connectivity index (χ0) is 22.1. The molecule has 0 aliphatic carbocycles. The van der Waals surface area contributed by atoms with E-state index < -0.39 is 13.2 Å². The summed E-state index contributed by atoms with van der Waals surface area (Å²) < 4.78 is 4.78. The number of ether oxygens (including phenoxy) is 1. The number of benzene rings is 3. The van der Waals surface area contributed by atoms with Gasteiger partial charge in [-0.3, -0.25) is 0 Å². The Balaban J connectivity index is 2.22. The molecule has 31 heavy (non-hydrogen) atoms. The molecule has 3 aromatic carbocycles. The molecule has 0 aliphatic rings. The highest BCUT2D eigenvalue weighted by molar-refractivity contribution is 7.99. The number of thiocarbonyl (C=S) groups is 1. The van der Waals surface area contributed by atoms with E-state index in [9.17, 15) is 4.79 Å². The van der Waals surface area contributed by atoms with Crippen LogP contribution in [0.15, 0.2) is 127 Å². The van der Waals surface area contributed by atoms with E-state index in [2.05, 4.69) is 79.4 Å². The smallest absolute Gasteiger partial charge is 0.338 e. The molecule has 0 amide bonds. The number of hydrogen-bond acceptors (Lipinski definition) is 3. The average Bonchev–Trinajstić information content (AvgIpc) is 2.84. The van der Waals surface area contributed by atoms with E-state index in [1.165, 1.54) is 28.4 Å². The SMILES string of the molecule is C=C(C=C/C=C(\C=S)C(=O)OC)[P+](c1ccccc1)(c1ccccc1)c1ccccc1. The lowest BCUT2D eigenvalue weighted by Crippen LogP contribution is -2.31. The summed E-state index contributed by atoms with van der Waals surface area (Å²) in [4.78, 5) is 11.8. The number of methoxy groups -OCH3 is 1. The molecular formula is C27H24O2PS+. The second-order valence-corrected chi connectivity index (χ2v) is 10.5. The van der Waals surface area contributed by atoms with Crippen LogP contribution in [0.2, 0.25) is 0 Å². The molecule has 0 fully saturated rings. The Kier molecular flexibility index (Phi) is 7.83. The van der Waals surface area contributed by atoms with Crippen LogP contribution in [0.5, 0.6) is 0 Å². The van der Waals surface area contributed by atoms with Crippen molar-refractivity contribution in [3.8, 4) is 0 Å². The summed E-state index contributed by atoms with van der Waals surface area (Å²) in [6.07, 6.45) is 5.46. The van der Waals surface area contributed by atoms with Crippen molar-refractivity contribution < 1.29 is 9.53 Å². The maximum atomic E-state index is 11.8. The normalized spacial score (nSPS) is 11.8. The number of carbonyl (C=O) groups excluding carboxylic acids is 1. The molecule has 0 spiro atoms. The summed E-state index contributed by atoms with van der Waals surface area (Å²) in [5, 5.41) is 5.95. The molecule has 0 N–H and O–H groups in total. The average molecular weight is 444 g/mol. The van der Waals surface area contributed by atoms with Gasteiger partial charge in [-0.25, -0.2) is 4.79 Å². The van der Waals surface area contributed by atoms with Crippen molar-refractivity contribution in [3.63, 3.8) is 0 Å². The van der Waals surface area contributed by atoms with Crippen molar-refractivity contribution in [1.29, 1.82) is 0 Å². The number of esters is 1. The Morgan fingerprint density at radius 1 is 0.839 bits per heavy atom. The van der Waals surface area contributed by atoms with Gasteiger partial charge >= 0.3 is 5.97 Å². The maximum absolute atomic E-state index is 11.8. The highest BCUT2D eigenvalue weighted by Crippen LogP contribution is 2.62. The lowest BCUT2D eigenvalue weighted by atomic mass is 10.3. The summed E-state index contributed by atoms with van der Waals surface area (Å²) in [7, 11) is -0.865. The lowest BCUT2D eigenvalue weighted by Gasteiger charge is -2.27. The lowest BCUT2D eigenvalue weighted by molar-refractivity contribution is -0.135. The predicted molar refractivity (Wildman–Crippen MR) is 137 cm³/mol. The topological polar surface area (TPSA) is 26.3 Å². The van der Waals surface area contributed by atoms with Gasteiger partial charge in [-0.15, -0.1) is 0 Å². The molecule has 0 saturated heterocycles. The van der Waals surface area contributed by atoms with Crippen molar-refractivity contribution in [2.75, 3.05) is 7.11 Å². The van der Waals surface area contributed by atoms with Crippen LogP contribution in [0.1, 0.15) is 0 Å². The summed E-state index contributed by atoms with van der Waals surface area (Å²) in [6.45, 7) is 4.52. The molecule has 2 nitrogen and oxygen atoms in total. The third-order valence-electron chi connectivity index (χ3n) is 4.97. The Bertz CT molecular complexity index is 1010. The minimum atomic E-state index is -2.21. The zero-order valence-electron chi connectivity index (χ0n) is 17.3. The van der Waals surface area contributed by atoms with E-state index in [1.54, 1.807) is 6.08 Å². The van der Waals surface area contributed by atoms with Crippen LogP contribution in [0.4, 0.5) is 0 Å². The van der Waals surface area contributed by atoms with Crippen molar-refractivity contribution >= 4 is 46.7 Å². The number of rotatable bonds is 8. The van der Waals surface area contributed by atoms with Gasteiger partial charge in [-0.2, -0.15) is 0 Å². The molecule has 0 unspecified atom stereocenters. The second kappa shape index (κ2) is 10.8. The predicted octanol–water partition coefficient (Wildman–Crippen LogP) is 5.15. The van der Waals surface area contributed by atoms with E-state index in [4.69, 9.17) is 17.0 Å². The van der Waals surface area contributed by atoms with Gasteiger partial charge in [-0.1, -0.05) is 79.5 Å². The van der Waals surface area contributed by atoms with Crippen LogP contribution < -0.4 is 15.9 Å². The first-order valence-electron chi connectivity index (χ1n) is 9.81. The fourth-order valence-corrected chi connectivity index (χ4v) is 7.78. The molecule has 0 aliphatic heterocycles. The first kappa shape index (κ1) is 22.6. The van der Waals surface area contributed by atoms with Crippen LogP contribution in [-0.2, 0) is 9.53 Å². The van der Waals surface area contributed by atoms with E-state index in [0.717, 1.165) is 5.31 Å². The molecule has 0 bridgehead atoms. The standard InChI is InChI=1S/C27H24O2PS/c1-22(13-12-14-23(21-31)27(28)29-2)30(24-15-6-3-7-16-24,25-17-8-4-9-18-25)26-19-10-5-11-20-26/h3-21H,1H2,2H3/q+1/b13-12?,23-14+. The Hall–Kier alpha value is -3.13. The van der Waals surface area contributed by atoms with E-state index in [0.29, 0.717) is 5.57 Å². The van der Waals surface area contributed by atoms with Crippen molar-refractivity contribution in [1.82, 2.24) is 0 Å². The van der Waals surface area contributed by atoms with Gasteiger partial charge in [0.1, 0.15) is 28.5 Å². The molecule has 0 saturated carbocycles. The van der Waals surface area contributed by atoms with Crippen LogP contribution in [-0.4, -0.2) is 18.4 Å². The number of hydrogen-bond donors (Lipinski definition) is 0. The van der Waals surface area contributed by atoms with Gasteiger partial charge in [0, 0.05) is 5.37 Å². The second-order valence-electron chi connectivity index (χ2n) is 6.76. The Morgan fingerprint density at radius 3 is 1.61 bits per heavy atom. The monoisotopic (exact) mass is 443 g/mol. The molecule has 0 radical (unpaired) electrons. The highest BCUT2D eigenvalue weighted by Gasteiger charge is 2.47. The van der Waals surface area contributed by atoms with Gasteiger partial charge < -0.3 is 4.74 Å². The van der Waals surface area contributed by atoms with Crippen molar-refractivity contribution in [2.24, 2.45) is 0 Å². The van der Waals surface area contributed by atoms with Crippen LogP contribution in [0.25, 0.3) is 0 Å². The number of carbonyl (C=O) groups is 1. The Morgan fingerprint density at radius 2 is 1.26 bits per heavy atom. The first-order chi connectivity index (χ1) is 15.1. The Labute approximate surface area is 189 Å². The molecule has 0 atom stereocenters. The minimum absolute atomic E-state index is 0.324. The molecule has 0 aromatic heterocycles. The van der Waals surface area contributed by atoms with Crippen molar-refractivity contribution in [2.45, 2.75) is 0 Å². The van der Waals surface area contributed by atoms with Crippen molar-refractivity contribution in [3.05, 3.63) is 127 Å². The highest BCUT2D eigenvalue weighted by atomic mass is 32.1. The molecule has 154 valence electrons. The van der Waals surface area contributed by atoms with E-state index in [-0.39, 0.29) is 0 Å². The third-order valence-corrected chi connectivity index (χ3v) is 9.46. The summed E-state index contributed by atoms with van der Waals surface area (Å²) >= 11 is 4.95. The van der Waals surface area contributed by atoms with Gasteiger partial charge in [0.05, 0.1) is 12.7 Å². The molecule has 3 rings (SSSR count). The molecule has 3 aromatic rings. The third kappa shape index (κ3) is 4.80. The molecule has 4 heteroatoms. The fourth-order valence-electron chi connectivity index (χ4n) is 3.55. The molecule has 0 heterocycles. The molecular weight excluding hydrogens is 419 g/mol. The van der Waals surface area contributed by atoms with Crippen LogP contribution >= 0.6 is 19.5 Å². The number of allylic oxidation sites excluding steroid dienone is 4. The zero-order valence-corrected chi connectivity index (χ0v) is 19.1. The fraction of sp³-hybridized carbons (Fsp3) is 0.0370. The summed E-state index contributed by atoms with van der Waals surface area (Å²) in [6, 6.07) is 31.5. The van der Waals surface area contributed by atoms with E-state index >= 15 is 0 Å². The van der Waals surface area contributed by atoms with Crippen LogP contribution in [0, 0.1) is 0 Å². The van der Waals surface area contributed by atoms with Gasteiger partial charge in [0.15, 0.2) is 0 Å². The van der Waals surface area contributed by atoms with Crippen LogP contribution in [0.3, 0.4) is 0 Å². The minimum Gasteiger partial charge on any atom is -0.465 e. The van der Waals surface area contributed by atoms with Gasteiger partial charge in [0.25, 0.3) is 0 Å². The quantitative estimate of drug-likeness (QED) is 0.158. The first-order valence-corrected chi connectivity index (χ1v) is 12.1. The summed E-state index contributed by atoms with van der Waals surface area (Å²) in [5.41, 5.74) is 0.324. The van der Waals surface area contributed by atoms with Gasteiger partial charge in [-0.05, 0) is 48.6 Å². The van der Waals surface area contributed by atoms with Gasteiger partial charge in [0.2, 0.25) is 0 Å². The largest absolute Gasteiger partial charge is 0.465 e. The van der Waals surface area contributed by atoms with E-state index in [1.807, 2.05) is 30.4 Å². The maximum Gasteiger partial charge on any atom is 0.338 e.